The second kappa shape index (κ2) is 9.56. The van der Waals surface area contributed by atoms with Gasteiger partial charge in [-0.05, 0) is 13.8 Å². The molecular weight excluding hydrogens is 350 g/mol. The Labute approximate surface area is 146 Å². The van der Waals surface area contributed by atoms with E-state index in [0.717, 1.165) is 6.20 Å². The molecule has 12 nitrogen and oxygen atoms in total. The average Bonchev–Trinajstić information content (AvgIpc) is 2.55. The van der Waals surface area contributed by atoms with Gasteiger partial charge in [0.05, 0.1) is 19.4 Å². The number of nitrogens with zero attached hydrogens (tertiary/aromatic N) is 3. The van der Waals surface area contributed by atoms with E-state index in [0.29, 0.717) is 0 Å². The van der Waals surface area contributed by atoms with Crippen molar-refractivity contribution >= 4 is 17.8 Å². The Bertz CT molecular complexity index is 837. The predicted molar refractivity (Wildman–Crippen MR) is 86.5 cm³/mol. The molecular formula is C14H17N5O7. The summed E-state index contributed by atoms with van der Waals surface area (Å²) in [7, 11) is 0. The van der Waals surface area contributed by atoms with Crippen molar-refractivity contribution in [2.45, 2.75) is 13.8 Å². The number of aromatic amines is 1. The Morgan fingerprint density at radius 3 is 2.19 bits per heavy atom. The van der Waals surface area contributed by atoms with Gasteiger partial charge < -0.3 is 30.4 Å². The minimum absolute atomic E-state index is 0.0708. The number of nitrogens with one attached hydrogen (secondary N) is 1. The molecule has 0 fully saturated rings. The summed E-state index contributed by atoms with van der Waals surface area (Å²) in [5.74, 6) is -2.03. The van der Waals surface area contributed by atoms with E-state index >= 15 is 0 Å². The van der Waals surface area contributed by atoms with Crippen LogP contribution in [0.25, 0.3) is 0 Å². The van der Waals surface area contributed by atoms with Crippen LogP contribution in [0.2, 0.25) is 0 Å². The van der Waals surface area contributed by atoms with Gasteiger partial charge in [0.15, 0.2) is 0 Å². The summed E-state index contributed by atoms with van der Waals surface area (Å²) in [6.07, 6.45) is 2.18. The fourth-order valence-corrected chi connectivity index (χ4v) is 1.50. The van der Waals surface area contributed by atoms with Gasteiger partial charge in [0.2, 0.25) is 5.88 Å². The molecule has 0 saturated carbocycles. The Hall–Kier alpha value is -3.70. The van der Waals surface area contributed by atoms with Gasteiger partial charge in [-0.2, -0.15) is 9.97 Å². The highest BCUT2D eigenvalue weighted by molar-refractivity contribution is 5.93. The lowest BCUT2D eigenvalue weighted by atomic mass is 10.3. The largest absolute Gasteiger partial charge is 0.493 e. The van der Waals surface area contributed by atoms with Crippen LogP contribution >= 0.6 is 0 Å². The molecule has 5 N–H and O–H groups in total. The third kappa shape index (κ3) is 5.74. The van der Waals surface area contributed by atoms with Crippen LogP contribution in [0.3, 0.4) is 0 Å². The highest BCUT2D eigenvalue weighted by Gasteiger charge is 2.14. The average molecular weight is 367 g/mol. The van der Waals surface area contributed by atoms with E-state index in [1.165, 1.54) is 6.20 Å². The van der Waals surface area contributed by atoms with Crippen molar-refractivity contribution < 1.29 is 29.3 Å². The number of aromatic nitrogens is 4. The summed E-state index contributed by atoms with van der Waals surface area (Å²) in [5, 5.41) is 17.8. The summed E-state index contributed by atoms with van der Waals surface area (Å²) < 4.78 is 9.26. The number of ether oxygens (including phenoxy) is 2. The van der Waals surface area contributed by atoms with Crippen LogP contribution in [0.1, 0.15) is 34.6 Å². The van der Waals surface area contributed by atoms with Crippen molar-refractivity contribution in [3.63, 3.8) is 0 Å². The van der Waals surface area contributed by atoms with Crippen LogP contribution in [0.5, 0.6) is 11.9 Å². The summed E-state index contributed by atoms with van der Waals surface area (Å²) in [4.78, 5) is 44.8. The highest BCUT2D eigenvalue weighted by atomic mass is 16.5. The maximum absolute atomic E-state index is 11.1. The van der Waals surface area contributed by atoms with E-state index in [-0.39, 0.29) is 30.2 Å². The number of esters is 2. The molecule has 2 rings (SSSR count). The van der Waals surface area contributed by atoms with Crippen molar-refractivity contribution in [1.82, 2.24) is 19.9 Å². The molecule has 2 aromatic rings. The van der Waals surface area contributed by atoms with E-state index < -0.39 is 29.5 Å². The monoisotopic (exact) mass is 367 g/mol. The number of H-pyrrole nitrogens is 1. The number of rotatable bonds is 4. The molecule has 0 amide bonds. The second-order valence-corrected chi connectivity index (χ2v) is 4.35. The van der Waals surface area contributed by atoms with Crippen molar-refractivity contribution in [1.29, 1.82) is 0 Å². The zero-order valence-electron chi connectivity index (χ0n) is 13.9. The molecule has 0 aliphatic carbocycles. The van der Waals surface area contributed by atoms with Crippen molar-refractivity contribution in [3.8, 4) is 11.9 Å². The lowest BCUT2D eigenvalue weighted by Crippen LogP contribution is -2.17. The first-order chi connectivity index (χ1) is 12.3. The van der Waals surface area contributed by atoms with Gasteiger partial charge in [-0.15, -0.1) is 0 Å². The summed E-state index contributed by atoms with van der Waals surface area (Å²) >= 11 is 0. The number of nitrogen functional groups attached to an aromatic ring is 1. The molecule has 0 spiro atoms. The first-order valence-corrected chi connectivity index (χ1v) is 7.24. The first kappa shape index (κ1) is 20.3. The number of nitrogens with two attached hydrogens (primary N) is 1. The molecule has 12 heteroatoms. The number of anilines is 1. The lowest BCUT2D eigenvalue weighted by molar-refractivity contribution is 0.0513. The lowest BCUT2D eigenvalue weighted by Gasteiger charge is -2.02. The van der Waals surface area contributed by atoms with E-state index in [1.807, 2.05) is 0 Å². The second-order valence-electron chi connectivity index (χ2n) is 4.35. The number of carbonyl (C=O) groups is 2. The van der Waals surface area contributed by atoms with Gasteiger partial charge in [0.1, 0.15) is 16.9 Å². The highest BCUT2D eigenvalue weighted by Crippen LogP contribution is 2.15. The minimum Gasteiger partial charge on any atom is -0.493 e. The molecule has 0 atom stereocenters. The Kier molecular flexibility index (Phi) is 7.48. The van der Waals surface area contributed by atoms with Crippen LogP contribution in [0.4, 0.5) is 5.82 Å². The van der Waals surface area contributed by atoms with Crippen molar-refractivity contribution in [3.05, 3.63) is 34.0 Å². The number of carbonyl (C=O) groups excluding carboxylic acids is 2. The van der Waals surface area contributed by atoms with Crippen LogP contribution < -0.4 is 11.4 Å². The van der Waals surface area contributed by atoms with Crippen LogP contribution in [0, 0.1) is 0 Å². The third-order valence-electron chi connectivity index (χ3n) is 2.58. The smallest absolute Gasteiger partial charge is 0.346 e. The van der Waals surface area contributed by atoms with Crippen molar-refractivity contribution in [2.75, 3.05) is 18.9 Å². The zero-order valence-corrected chi connectivity index (χ0v) is 13.9. The number of aromatic hydroxyl groups is 2. The van der Waals surface area contributed by atoms with Gasteiger partial charge >= 0.3 is 23.6 Å². The third-order valence-corrected chi connectivity index (χ3v) is 2.58. The molecule has 140 valence electrons. The van der Waals surface area contributed by atoms with Crippen LogP contribution in [-0.4, -0.2) is 55.3 Å². The predicted octanol–water partition coefficient (Wildman–Crippen LogP) is -0.407. The van der Waals surface area contributed by atoms with Crippen LogP contribution in [-0.2, 0) is 9.47 Å². The van der Waals surface area contributed by atoms with Gasteiger partial charge in [0, 0.05) is 6.20 Å². The molecule has 0 aliphatic heterocycles. The molecule has 0 radical (unpaired) electrons. The van der Waals surface area contributed by atoms with Gasteiger partial charge in [-0.25, -0.2) is 19.4 Å². The molecule has 26 heavy (non-hydrogen) atoms. The number of hydrogen-bond acceptors (Lipinski definition) is 11. The summed E-state index contributed by atoms with van der Waals surface area (Å²) in [6, 6.07) is -0.592. The summed E-state index contributed by atoms with van der Waals surface area (Å²) in [5.41, 5.74) is 4.63. The Balaban J connectivity index is 0.000000260. The summed E-state index contributed by atoms with van der Waals surface area (Å²) in [6.45, 7) is 3.75. The van der Waals surface area contributed by atoms with Gasteiger partial charge in [-0.1, -0.05) is 0 Å². The zero-order chi connectivity index (χ0) is 19.7. The maximum atomic E-state index is 11.1. The molecule has 2 heterocycles. The first-order valence-electron chi connectivity index (χ1n) is 7.24. The number of hydrogen-bond donors (Lipinski definition) is 4. The van der Waals surface area contributed by atoms with Gasteiger partial charge in [-0.3, -0.25) is 0 Å². The fourth-order valence-electron chi connectivity index (χ4n) is 1.50. The molecule has 2 aromatic heterocycles. The van der Waals surface area contributed by atoms with Gasteiger partial charge in [0.25, 0.3) is 0 Å². The molecule has 0 bridgehead atoms. The van der Waals surface area contributed by atoms with E-state index in [2.05, 4.69) is 29.4 Å². The molecule has 0 unspecified atom stereocenters. The molecule has 0 aromatic carbocycles. The quantitative estimate of drug-likeness (QED) is 0.514. The normalized spacial score (nSPS) is 9.62. The maximum Gasteiger partial charge on any atom is 0.346 e. The fraction of sp³-hybridized carbons (Fsp3) is 0.286. The minimum atomic E-state index is -0.722. The Morgan fingerprint density at radius 2 is 1.69 bits per heavy atom. The topological polar surface area (TPSA) is 191 Å². The molecule has 0 saturated heterocycles. The van der Waals surface area contributed by atoms with Crippen molar-refractivity contribution in [2.24, 2.45) is 0 Å². The molecule has 0 aliphatic rings. The van der Waals surface area contributed by atoms with E-state index in [9.17, 15) is 14.4 Å². The SMILES string of the molecule is CCOC(=O)c1c[nH]c(=O)nc1N.CCOC(=O)c1cnc(O)nc1O. The Morgan fingerprint density at radius 1 is 1.12 bits per heavy atom. The van der Waals surface area contributed by atoms with E-state index in [4.69, 9.17) is 15.9 Å². The van der Waals surface area contributed by atoms with E-state index in [1.54, 1.807) is 13.8 Å². The van der Waals surface area contributed by atoms with Crippen LogP contribution in [0.15, 0.2) is 17.2 Å². The standard InChI is InChI=1S/C7H9N3O3.C7H8N2O4/c1-2-13-6(11)4-3-9-7(12)10-5(4)8;1-2-13-6(11)4-3-8-7(12)9-5(4)10/h3H,2H2,1H3,(H3,8,9,10,12);3H,2H2,1H3,(H2,8,9,10,12).